The molecule has 0 fully saturated rings. The average Bonchev–Trinajstić information content (AvgIpc) is 2.66. The lowest BCUT2D eigenvalue weighted by molar-refractivity contribution is 0.618. The van der Waals surface area contributed by atoms with Crippen molar-refractivity contribution < 1.29 is 4.39 Å². The minimum absolute atomic E-state index is 0.171. The van der Waals surface area contributed by atoms with Crippen molar-refractivity contribution in [1.29, 1.82) is 0 Å². The van der Waals surface area contributed by atoms with Crippen LogP contribution in [0.5, 0.6) is 0 Å². The summed E-state index contributed by atoms with van der Waals surface area (Å²) in [6, 6.07) is 5.01. The Bertz CT molecular complexity index is 494. The van der Waals surface area contributed by atoms with Crippen LogP contribution < -0.4 is 5.32 Å². The van der Waals surface area contributed by atoms with E-state index in [1.165, 1.54) is 6.07 Å². The van der Waals surface area contributed by atoms with E-state index in [0.717, 1.165) is 16.4 Å². The van der Waals surface area contributed by atoms with Gasteiger partial charge in [-0.05, 0) is 37.6 Å². The van der Waals surface area contributed by atoms with Crippen LogP contribution in [0.3, 0.4) is 0 Å². The molecule has 0 aliphatic heterocycles. The molecule has 1 heterocycles. The third kappa shape index (κ3) is 2.58. The first-order chi connectivity index (χ1) is 7.65. The zero-order valence-electron chi connectivity index (χ0n) is 9.25. The molecule has 1 N–H and O–H groups in total. The molecule has 1 aromatic carbocycles. The Labute approximate surface area is 98.2 Å². The predicted molar refractivity (Wildman–Crippen MR) is 65.3 cm³/mol. The zero-order chi connectivity index (χ0) is 11.5. The average molecular weight is 236 g/mol. The van der Waals surface area contributed by atoms with Gasteiger partial charge in [0.25, 0.3) is 0 Å². The second-order valence-corrected chi connectivity index (χ2v) is 4.74. The minimum Gasteiger partial charge on any atom is -0.379 e. The molecule has 0 aliphatic rings. The maximum atomic E-state index is 13.0. The Morgan fingerprint density at radius 2 is 2.19 bits per heavy atom. The number of nitrogens with one attached hydrogen (secondary N) is 1. The molecule has 16 heavy (non-hydrogen) atoms. The van der Waals surface area contributed by atoms with Crippen LogP contribution in [0, 0.1) is 19.7 Å². The molecule has 0 radical (unpaired) electrons. The van der Waals surface area contributed by atoms with Gasteiger partial charge in [-0.3, -0.25) is 0 Å². The van der Waals surface area contributed by atoms with E-state index in [9.17, 15) is 4.39 Å². The largest absolute Gasteiger partial charge is 0.379 e. The number of aryl methyl sites for hydroxylation is 2. The van der Waals surface area contributed by atoms with Gasteiger partial charge in [-0.15, -0.1) is 11.3 Å². The van der Waals surface area contributed by atoms with Crippen LogP contribution in [-0.4, -0.2) is 4.98 Å². The minimum atomic E-state index is -0.171. The van der Waals surface area contributed by atoms with Gasteiger partial charge in [0.1, 0.15) is 5.82 Å². The summed E-state index contributed by atoms with van der Waals surface area (Å²) < 4.78 is 13.0. The Hall–Kier alpha value is -1.42. The molecule has 0 atom stereocenters. The van der Waals surface area contributed by atoms with Gasteiger partial charge in [0.15, 0.2) is 0 Å². The summed E-state index contributed by atoms with van der Waals surface area (Å²) in [7, 11) is 0. The van der Waals surface area contributed by atoms with Crippen molar-refractivity contribution in [1.82, 2.24) is 4.98 Å². The standard InChI is InChI=1S/C12H13FN2S/c1-8-5-10(3-4-12(8)13)14-6-11-7-16-9(2)15-11/h3-5,7,14H,6H2,1-2H3. The predicted octanol–water partition coefficient (Wildman–Crippen LogP) is 3.51. The lowest BCUT2D eigenvalue weighted by Gasteiger charge is -2.05. The van der Waals surface area contributed by atoms with Crippen LogP contribution in [0.15, 0.2) is 23.6 Å². The van der Waals surface area contributed by atoms with Gasteiger partial charge in [0.2, 0.25) is 0 Å². The fourth-order valence-electron chi connectivity index (χ4n) is 1.44. The number of halogens is 1. The molecular formula is C12H13FN2S. The molecule has 0 spiro atoms. The molecule has 84 valence electrons. The number of anilines is 1. The molecule has 2 aromatic rings. The molecule has 0 aliphatic carbocycles. The van der Waals surface area contributed by atoms with Gasteiger partial charge < -0.3 is 5.32 Å². The molecule has 0 amide bonds. The van der Waals surface area contributed by atoms with E-state index < -0.39 is 0 Å². The van der Waals surface area contributed by atoms with E-state index in [2.05, 4.69) is 10.3 Å². The van der Waals surface area contributed by atoms with E-state index in [-0.39, 0.29) is 5.82 Å². The van der Waals surface area contributed by atoms with Crippen LogP contribution in [0.1, 0.15) is 16.3 Å². The summed E-state index contributed by atoms with van der Waals surface area (Å²) in [6.45, 7) is 4.42. The first-order valence-electron chi connectivity index (χ1n) is 5.06. The maximum Gasteiger partial charge on any atom is 0.126 e. The monoisotopic (exact) mass is 236 g/mol. The van der Waals surface area contributed by atoms with E-state index in [1.807, 2.05) is 12.3 Å². The second-order valence-electron chi connectivity index (χ2n) is 3.68. The summed E-state index contributed by atoms with van der Waals surface area (Å²) in [6.07, 6.45) is 0. The normalized spacial score (nSPS) is 10.4. The van der Waals surface area contributed by atoms with E-state index in [0.29, 0.717) is 12.1 Å². The Kier molecular flexibility index (Phi) is 3.19. The molecule has 0 unspecified atom stereocenters. The number of hydrogen-bond donors (Lipinski definition) is 1. The van der Waals surface area contributed by atoms with Gasteiger partial charge in [0, 0.05) is 11.1 Å². The Balaban J connectivity index is 2.02. The van der Waals surface area contributed by atoms with Crippen LogP contribution in [0.2, 0.25) is 0 Å². The van der Waals surface area contributed by atoms with Gasteiger partial charge in [-0.2, -0.15) is 0 Å². The van der Waals surface area contributed by atoms with Crippen molar-refractivity contribution in [3.8, 4) is 0 Å². The molecule has 0 saturated carbocycles. The topological polar surface area (TPSA) is 24.9 Å². The van der Waals surface area contributed by atoms with Crippen molar-refractivity contribution in [3.63, 3.8) is 0 Å². The summed E-state index contributed by atoms with van der Waals surface area (Å²) in [5.41, 5.74) is 2.59. The van der Waals surface area contributed by atoms with Crippen LogP contribution in [0.4, 0.5) is 10.1 Å². The zero-order valence-corrected chi connectivity index (χ0v) is 10.1. The number of aromatic nitrogens is 1. The van der Waals surface area contributed by atoms with E-state index >= 15 is 0 Å². The quantitative estimate of drug-likeness (QED) is 0.882. The lowest BCUT2D eigenvalue weighted by atomic mass is 10.2. The van der Waals surface area contributed by atoms with Crippen molar-refractivity contribution in [2.45, 2.75) is 20.4 Å². The fraction of sp³-hybridized carbons (Fsp3) is 0.250. The highest BCUT2D eigenvalue weighted by atomic mass is 32.1. The molecule has 0 saturated heterocycles. The van der Waals surface area contributed by atoms with Crippen LogP contribution in [0.25, 0.3) is 0 Å². The highest BCUT2D eigenvalue weighted by molar-refractivity contribution is 7.09. The fourth-order valence-corrected chi connectivity index (χ4v) is 2.05. The number of thiazole rings is 1. The first kappa shape index (κ1) is 11.1. The van der Waals surface area contributed by atoms with E-state index in [4.69, 9.17) is 0 Å². The van der Waals surface area contributed by atoms with Gasteiger partial charge in [-0.1, -0.05) is 0 Å². The smallest absolute Gasteiger partial charge is 0.126 e. The van der Waals surface area contributed by atoms with Crippen LogP contribution in [-0.2, 0) is 6.54 Å². The van der Waals surface area contributed by atoms with Gasteiger partial charge in [-0.25, -0.2) is 9.37 Å². The SMILES string of the molecule is Cc1nc(CNc2ccc(F)c(C)c2)cs1. The Morgan fingerprint density at radius 1 is 1.38 bits per heavy atom. The number of benzene rings is 1. The molecule has 2 nitrogen and oxygen atoms in total. The van der Waals surface area contributed by atoms with Gasteiger partial charge in [0.05, 0.1) is 17.2 Å². The maximum absolute atomic E-state index is 13.0. The van der Waals surface area contributed by atoms with E-state index in [1.54, 1.807) is 30.4 Å². The first-order valence-corrected chi connectivity index (χ1v) is 5.94. The van der Waals surface area contributed by atoms with Gasteiger partial charge >= 0.3 is 0 Å². The van der Waals surface area contributed by atoms with Crippen LogP contribution >= 0.6 is 11.3 Å². The molecule has 4 heteroatoms. The third-order valence-corrected chi connectivity index (χ3v) is 3.12. The lowest BCUT2D eigenvalue weighted by Crippen LogP contribution is -2.00. The highest BCUT2D eigenvalue weighted by Gasteiger charge is 2.00. The second kappa shape index (κ2) is 4.61. The Morgan fingerprint density at radius 3 is 2.81 bits per heavy atom. The molecular weight excluding hydrogens is 223 g/mol. The third-order valence-electron chi connectivity index (χ3n) is 2.30. The highest BCUT2D eigenvalue weighted by Crippen LogP contribution is 2.15. The number of rotatable bonds is 3. The summed E-state index contributed by atoms with van der Waals surface area (Å²) in [4.78, 5) is 4.35. The molecule has 1 aromatic heterocycles. The van der Waals surface area contributed by atoms with Crippen molar-refractivity contribution in [2.75, 3.05) is 5.32 Å². The van der Waals surface area contributed by atoms with Crippen molar-refractivity contribution >= 4 is 17.0 Å². The summed E-state index contributed by atoms with van der Waals surface area (Å²) in [5.74, 6) is -0.171. The number of nitrogens with zero attached hydrogens (tertiary/aromatic N) is 1. The molecule has 0 bridgehead atoms. The van der Waals surface area contributed by atoms with Crippen molar-refractivity contribution in [3.05, 3.63) is 45.7 Å². The molecule has 2 rings (SSSR count). The number of hydrogen-bond acceptors (Lipinski definition) is 3. The summed E-state index contributed by atoms with van der Waals surface area (Å²) in [5, 5.41) is 6.31. The summed E-state index contributed by atoms with van der Waals surface area (Å²) >= 11 is 1.63. The van der Waals surface area contributed by atoms with Crippen molar-refractivity contribution in [2.24, 2.45) is 0 Å².